The Balaban J connectivity index is 1.48. The van der Waals surface area contributed by atoms with E-state index in [-0.39, 0.29) is 17.7 Å². The lowest BCUT2D eigenvalue weighted by Gasteiger charge is -2.16. The van der Waals surface area contributed by atoms with Crippen LogP contribution in [-0.2, 0) is 6.54 Å². The monoisotopic (exact) mass is 417 g/mol. The first-order chi connectivity index (χ1) is 15.0. The van der Waals surface area contributed by atoms with Crippen LogP contribution >= 0.6 is 0 Å². The Morgan fingerprint density at radius 1 is 1.16 bits per heavy atom. The van der Waals surface area contributed by atoms with E-state index in [1.54, 1.807) is 12.1 Å². The molecule has 0 aliphatic heterocycles. The number of ether oxygens (including phenoxy) is 1. The summed E-state index contributed by atoms with van der Waals surface area (Å²) >= 11 is 0. The van der Waals surface area contributed by atoms with Crippen LogP contribution in [0.2, 0.25) is 0 Å². The third kappa shape index (κ3) is 4.63. The van der Waals surface area contributed by atoms with Crippen molar-refractivity contribution in [2.45, 2.75) is 39.8 Å². The van der Waals surface area contributed by atoms with Gasteiger partial charge in [0.1, 0.15) is 11.6 Å². The van der Waals surface area contributed by atoms with Gasteiger partial charge in [-0.1, -0.05) is 24.3 Å². The zero-order valence-corrected chi connectivity index (χ0v) is 18.1. The number of hydrogen-bond acceptors (Lipinski definition) is 4. The van der Waals surface area contributed by atoms with Crippen molar-refractivity contribution in [3.8, 4) is 5.75 Å². The molecule has 0 aliphatic rings. The molecule has 6 heteroatoms. The van der Waals surface area contributed by atoms with E-state index >= 15 is 0 Å². The first kappa shape index (κ1) is 20.7. The highest BCUT2D eigenvalue weighted by Crippen LogP contribution is 2.23. The van der Waals surface area contributed by atoms with Gasteiger partial charge in [-0.3, -0.25) is 4.79 Å². The summed E-state index contributed by atoms with van der Waals surface area (Å²) in [5.41, 5.74) is 4.27. The normalized spacial score (nSPS) is 12.1. The zero-order chi connectivity index (χ0) is 21.8. The highest BCUT2D eigenvalue weighted by atomic mass is 16.5. The Morgan fingerprint density at radius 2 is 2.00 bits per heavy atom. The van der Waals surface area contributed by atoms with Gasteiger partial charge in [-0.05, 0) is 68.7 Å². The van der Waals surface area contributed by atoms with E-state index in [1.807, 2.05) is 25.1 Å². The molecule has 2 aromatic carbocycles. The molecule has 4 rings (SSSR count). The lowest BCUT2D eigenvalue weighted by molar-refractivity contribution is 0.0909. The molecule has 0 fully saturated rings. The Bertz CT molecular complexity index is 1180. The number of carbonyl (C=O) groups excluding carboxylic acids is 1. The van der Waals surface area contributed by atoms with Gasteiger partial charge < -0.3 is 19.0 Å². The first-order valence-electron chi connectivity index (χ1n) is 10.5. The van der Waals surface area contributed by atoms with E-state index in [9.17, 15) is 4.79 Å². The molecule has 0 spiro atoms. The molecule has 0 saturated carbocycles. The minimum absolute atomic E-state index is 0.255. The Hall–Kier alpha value is -3.54. The first-order valence-corrected chi connectivity index (χ1v) is 10.5. The van der Waals surface area contributed by atoms with Gasteiger partial charge in [-0.15, -0.1) is 0 Å². The molecule has 0 radical (unpaired) electrons. The second-order valence-electron chi connectivity index (χ2n) is 7.75. The Morgan fingerprint density at radius 3 is 2.81 bits per heavy atom. The largest absolute Gasteiger partial charge is 0.493 e. The molecule has 31 heavy (non-hydrogen) atoms. The number of aromatic nitrogens is 2. The topological polar surface area (TPSA) is 69.3 Å². The number of benzene rings is 2. The van der Waals surface area contributed by atoms with Gasteiger partial charge in [0.25, 0.3) is 5.91 Å². The van der Waals surface area contributed by atoms with E-state index in [0.29, 0.717) is 6.61 Å². The van der Waals surface area contributed by atoms with Gasteiger partial charge in [0.2, 0.25) is 0 Å². The zero-order valence-electron chi connectivity index (χ0n) is 18.1. The minimum Gasteiger partial charge on any atom is -0.493 e. The molecule has 160 valence electrons. The number of imidazole rings is 1. The van der Waals surface area contributed by atoms with Crippen molar-refractivity contribution in [3.63, 3.8) is 0 Å². The summed E-state index contributed by atoms with van der Waals surface area (Å²) in [4.78, 5) is 17.2. The molecular formula is C25H27N3O3. The Labute approximate surface area is 181 Å². The molecule has 2 aromatic heterocycles. The van der Waals surface area contributed by atoms with Crippen LogP contribution in [0, 0.1) is 13.8 Å². The van der Waals surface area contributed by atoms with Gasteiger partial charge >= 0.3 is 0 Å². The van der Waals surface area contributed by atoms with Crippen LogP contribution in [0.3, 0.4) is 0 Å². The van der Waals surface area contributed by atoms with Crippen LogP contribution in [0.15, 0.2) is 65.3 Å². The number of aryl methyl sites for hydroxylation is 3. The van der Waals surface area contributed by atoms with Gasteiger partial charge in [0, 0.05) is 6.54 Å². The maximum absolute atomic E-state index is 12.4. The predicted molar refractivity (Wildman–Crippen MR) is 120 cm³/mol. The highest BCUT2D eigenvalue weighted by molar-refractivity contribution is 5.91. The number of amides is 1. The number of nitrogens with zero attached hydrogens (tertiary/aromatic N) is 2. The van der Waals surface area contributed by atoms with Gasteiger partial charge in [0.05, 0.1) is 29.9 Å². The van der Waals surface area contributed by atoms with Gasteiger partial charge in [0.15, 0.2) is 5.76 Å². The van der Waals surface area contributed by atoms with Crippen LogP contribution < -0.4 is 10.1 Å². The quantitative estimate of drug-likeness (QED) is 0.400. The molecule has 1 unspecified atom stereocenters. The van der Waals surface area contributed by atoms with E-state index < -0.39 is 0 Å². The van der Waals surface area contributed by atoms with Crippen molar-refractivity contribution < 1.29 is 13.9 Å². The average Bonchev–Trinajstić information content (AvgIpc) is 3.42. The lowest BCUT2D eigenvalue weighted by atomic mass is 10.1. The fourth-order valence-corrected chi connectivity index (χ4v) is 3.67. The van der Waals surface area contributed by atoms with Crippen LogP contribution in [0.4, 0.5) is 0 Å². The standard InChI is InChI=1S/C25H27N3O3/c1-17-11-12-18(2)23(16-17)31-15-7-13-28-21-9-5-4-8-20(21)27-24(28)19(3)26-25(29)22-10-6-14-30-22/h4-6,8-12,14,16,19H,7,13,15H2,1-3H3,(H,26,29). The summed E-state index contributed by atoms with van der Waals surface area (Å²) in [5.74, 6) is 1.77. The summed E-state index contributed by atoms with van der Waals surface area (Å²) in [5, 5.41) is 2.98. The molecule has 1 amide bonds. The molecule has 0 aliphatic carbocycles. The number of hydrogen-bond donors (Lipinski definition) is 1. The van der Waals surface area contributed by atoms with Crippen molar-refractivity contribution in [3.05, 3.63) is 83.6 Å². The second-order valence-corrected chi connectivity index (χ2v) is 7.75. The number of fused-ring (bicyclic) bond motifs is 1. The SMILES string of the molecule is Cc1ccc(C)c(OCCCn2c(C(C)NC(=O)c3ccco3)nc3ccccc32)c1. The van der Waals surface area contributed by atoms with Crippen molar-refractivity contribution in [1.29, 1.82) is 0 Å². The van der Waals surface area contributed by atoms with Gasteiger partial charge in [-0.25, -0.2) is 4.98 Å². The smallest absolute Gasteiger partial charge is 0.287 e. The molecule has 0 bridgehead atoms. The number of rotatable bonds is 8. The summed E-state index contributed by atoms with van der Waals surface area (Å²) in [7, 11) is 0. The summed E-state index contributed by atoms with van der Waals surface area (Å²) in [6.45, 7) is 7.39. The number of furan rings is 1. The fraction of sp³-hybridized carbons (Fsp3) is 0.280. The number of carbonyl (C=O) groups is 1. The predicted octanol–water partition coefficient (Wildman–Crippen LogP) is 5.21. The van der Waals surface area contributed by atoms with Crippen LogP contribution in [-0.4, -0.2) is 22.1 Å². The Kier molecular flexibility index (Phi) is 6.07. The van der Waals surface area contributed by atoms with E-state index in [1.165, 1.54) is 11.8 Å². The van der Waals surface area contributed by atoms with Gasteiger partial charge in [-0.2, -0.15) is 0 Å². The molecule has 4 aromatic rings. The van der Waals surface area contributed by atoms with E-state index in [0.717, 1.165) is 41.1 Å². The molecular weight excluding hydrogens is 390 g/mol. The summed E-state index contributed by atoms with van der Waals surface area (Å²) in [6, 6.07) is 17.3. The van der Waals surface area contributed by atoms with Crippen molar-refractivity contribution in [2.24, 2.45) is 0 Å². The summed E-state index contributed by atoms with van der Waals surface area (Å²) < 4.78 is 13.4. The fourth-order valence-electron chi connectivity index (χ4n) is 3.67. The van der Waals surface area contributed by atoms with E-state index in [2.05, 4.69) is 48.0 Å². The maximum atomic E-state index is 12.4. The maximum Gasteiger partial charge on any atom is 0.287 e. The highest BCUT2D eigenvalue weighted by Gasteiger charge is 2.20. The molecule has 1 N–H and O–H groups in total. The lowest BCUT2D eigenvalue weighted by Crippen LogP contribution is -2.28. The van der Waals surface area contributed by atoms with Crippen LogP contribution in [0.1, 0.15) is 46.9 Å². The van der Waals surface area contributed by atoms with Crippen molar-refractivity contribution in [1.82, 2.24) is 14.9 Å². The second kappa shape index (κ2) is 9.08. The average molecular weight is 418 g/mol. The molecule has 0 saturated heterocycles. The van der Waals surface area contributed by atoms with Crippen LogP contribution in [0.25, 0.3) is 11.0 Å². The minimum atomic E-state index is -0.273. The van der Waals surface area contributed by atoms with E-state index in [4.69, 9.17) is 14.1 Å². The molecule has 1 atom stereocenters. The van der Waals surface area contributed by atoms with Crippen molar-refractivity contribution in [2.75, 3.05) is 6.61 Å². The number of para-hydroxylation sites is 2. The van der Waals surface area contributed by atoms with Crippen LogP contribution in [0.5, 0.6) is 5.75 Å². The number of nitrogens with one attached hydrogen (secondary N) is 1. The summed E-state index contributed by atoms with van der Waals surface area (Å²) in [6.07, 6.45) is 2.31. The molecule has 6 nitrogen and oxygen atoms in total. The third-order valence-electron chi connectivity index (χ3n) is 5.29. The molecule has 2 heterocycles. The third-order valence-corrected chi connectivity index (χ3v) is 5.29. The van der Waals surface area contributed by atoms with Crippen molar-refractivity contribution >= 4 is 16.9 Å².